The van der Waals surface area contributed by atoms with E-state index in [1.165, 1.54) is 0 Å². The molecule has 2 fully saturated rings. The Morgan fingerprint density at radius 2 is 1.75 bits per heavy atom. The van der Waals surface area contributed by atoms with Crippen LogP contribution in [-0.2, 0) is 4.79 Å². The topological polar surface area (TPSA) is 80.4 Å². The van der Waals surface area contributed by atoms with Crippen molar-refractivity contribution in [2.75, 3.05) is 45.9 Å². The van der Waals surface area contributed by atoms with Crippen molar-refractivity contribution in [1.29, 1.82) is 10.5 Å². The molecule has 2 heterocycles. The van der Waals surface area contributed by atoms with Crippen molar-refractivity contribution in [2.45, 2.75) is 20.8 Å². The van der Waals surface area contributed by atoms with E-state index in [2.05, 4.69) is 15.9 Å². The number of rotatable bonds is 6. The Morgan fingerprint density at radius 3 is 2.32 bits per heavy atom. The van der Waals surface area contributed by atoms with Crippen LogP contribution in [0.3, 0.4) is 0 Å². The molecule has 0 N–H and O–H groups in total. The molecule has 0 amide bonds. The zero-order valence-corrected chi connectivity index (χ0v) is 16.9. The molecule has 6 nitrogen and oxygen atoms in total. The van der Waals surface area contributed by atoms with Crippen LogP contribution in [0, 0.1) is 39.9 Å². The first-order valence-corrected chi connectivity index (χ1v) is 9.85. The van der Waals surface area contributed by atoms with Gasteiger partial charge in [0.2, 0.25) is 0 Å². The molecular formula is C22H28N4O2. The molecule has 0 saturated carbocycles. The minimum atomic E-state index is -0.269. The van der Waals surface area contributed by atoms with Crippen LogP contribution in [0.15, 0.2) is 18.2 Å². The predicted molar refractivity (Wildman–Crippen MR) is 106 cm³/mol. The van der Waals surface area contributed by atoms with Crippen molar-refractivity contribution in [1.82, 2.24) is 9.80 Å². The SMILES string of the molecule is CC(C)(C)C(=O)CN1CC2CN(CCOc3ccc(C#N)cc3C#N)CC2C1. The summed E-state index contributed by atoms with van der Waals surface area (Å²) in [7, 11) is 0. The highest BCUT2D eigenvalue weighted by Gasteiger charge is 2.40. The van der Waals surface area contributed by atoms with E-state index in [1.807, 2.05) is 26.8 Å². The van der Waals surface area contributed by atoms with E-state index in [1.54, 1.807) is 18.2 Å². The fourth-order valence-corrected chi connectivity index (χ4v) is 4.04. The maximum absolute atomic E-state index is 12.3. The summed E-state index contributed by atoms with van der Waals surface area (Å²) in [5.41, 5.74) is 0.594. The Labute approximate surface area is 167 Å². The number of nitriles is 2. The molecule has 0 spiro atoms. The van der Waals surface area contributed by atoms with Crippen molar-refractivity contribution in [3.63, 3.8) is 0 Å². The number of carbonyl (C=O) groups excluding carboxylic acids is 1. The first kappa shape index (κ1) is 20.3. The molecule has 0 aromatic heterocycles. The molecule has 2 atom stereocenters. The standard InChI is InChI=1S/C22H28N4O2/c1-22(2,3)21(27)15-26-13-18-11-25(12-19(18)14-26)6-7-28-20-5-4-16(9-23)8-17(20)10-24/h4-5,8,18-19H,6-7,11-15H2,1-3H3. The number of benzene rings is 1. The van der Waals surface area contributed by atoms with Gasteiger partial charge in [-0.15, -0.1) is 0 Å². The first-order chi connectivity index (χ1) is 13.3. The molecule has 2 saturated heterocycles. The lowest BCUT2D eigenvalue weighted by molar-refractivity contribution is -0.127. The molecule has 0 aliphatic carbocycles. The van der Waals surface area contributed by atoms with Gasteiger partial charge in [-0.2, -0.15) is 10.5 Å². The highest BCUT2D eigenvalue weighted by atomic mass is 16.5. The number of hydrogen-bond donors (Lipinski definition) is 0. The van der Waals surface area contributed by atoms with Crippen molar-refractivity contribution >= 4 is 5.78 Å². The Kier molecular flexibility index (Phi) is 6.03. The van der Waals surface area contributed by atoms with Gasteiger partial charge in [-0.05, 0) is 30.0 Å². The zero-order valence-electron chi connectivity index (χ0n) is 16.9. The van der Waals surface area contributed by atoms with Crippen molar-refractivity contribution in [2.24, 2.45) is 17.3 Å². The summed E-state index contributed by atoms with van der Waals surface area (Å²) in [6.45, 7) is 11.9. The van der Waals surface area contributed by atoms with Crippen LogP contribution in [0.1, 0.15) is 31.9 Å². The molecule has 28 heavy (non-hydrogen) atoms. The first-order valence-electron chi connectivity index (χ1n) is 9.85. The van der Waals surface area contributed by atoms with Crippen LogP contribution in [0.4, 0.5) is 0 Å². The largest absolute Gasteiger partial charge is 0.491 e. The highest BCUT2D eigenvalue weighted by molar-refractivity contribution is 5.85. The Morgan fingerprint density at radius 1 is 1.11 bits per heavy atom. The minimum absolute atomic E-state index is 0.269. The second kappa shape index (κ2) is 8.31. The number of carbonyl (C=O) groups is 1. The van der Waals surface area contributed by atoms with Crippen LogP contribution in [0.25, 0.3) is 0 Å². The average molecular weight is 380 g/mol. The number of nitrogens with zero attached hydrogens (tertiary/aromatic N) is 4. The number of ether oxygens (including phenoxy) is 1. The van der Waals surface area contributed by atoms with Crippen LogP contribution in [0.2, 0.25) is 0 Å². The molecule has 2 aliphatic heterocycles. The maximum atomic E-state index is 12.3. The predicted octanol–water partition coefficient (Wildman–Crippen LogP) is 2.29. The monoisotopic (exact) mass is 380 g/mol. The van der Waals surface area contributed by atoms with Crippen LogP contribution >= 0.6 is 0 Å². The third-order valence-electron chi connectivity index (χ3n) is 5.74. The van der Waals surface area contributed by atoms with E-state index < -0.39 is 0 Å². The van der Waals surface area contributed by atoms with Gasteiger partial charge in [0.25, 0.3) is 0 Å². The lowest BCUT2D eigenvalue weighted by Crippen LogP contribution is -2.37. The summed E-state index contributed by atoms with van der Waals surface area (Å²) in [5.74, 6) is 2.09. The van der Waals surface area contributed by atoms with Gasteiger partial charge in [-0.1, -0.05) is 20.8 Å². The molecule has 0 radical (unpaired) electrons. The third-order valence-corrected chi connectivity index (χ3v) is 5.74. The molecule has 0 bridgehead atoms. The Balaban J connectivity index is 1.44. The second-order valence-corrected chi connectivity index (χ2v) is 8.93. The average Bonchev–Trinajstić information content (AvgIpc) is 3.19. The molecule has 6 heteroatoms. The van der Waals surface area contributed by atoms with Gasteiger partial charge in [-0.25, -0.2) is 0 Å². The van der Waals surface area contributed by atoms with E-state index in [-0.39, 0.29) is 5.41 Å². The van der Waals surface area contributed by atoms with E-state index in [0.717, 1.165) is 32.7 Å². The summed E-state index contributed by atoms with van der Waals surface area (Å²) >= 11 is 0. The summed E-state index contributed by atoms with van der Waals surface area (Å²) in [5, 5.41) is 18.1. The second-order valence-electron chi connectivity index (χ2n) is 8.93. The molecule has 1 aromatic rings. The van der Waals surface area contributed by atoms with Crippen molar-refractivity contribution in [3.8, 4) is 17.9 Å². The van der Waals surface area contributed by atoms with Crippen LogP contribution in [0.5, 0.6) is 5.75 Å². The summed E-state index contributed by atoms with van der Waals surface area (Å²) in [6, 6.07) is 9.05. The summed E-state index contributed by atoms with van der Waals surface area (Å²) in [6.07, 6.45) is 0. The summed E-state index contributed by atoms with van der Waals surface area (Å²) < 4.78 is 5.79. The fourth-order valence-electron chi connectivity index (χ4n) is 4.04. The molecule has 2 aliphatic rings. The summed E-state index contributed by atoms with van der Waals surface area (Å²) in [4.78, 5) is 17.0. The van der Waals surface area contributed by atoms with E-state index in [0.29, 0.717) is 47.6 Å². The van der Waals surface area contributed by atoms with Gasteiger partial charge < -0.3 is 4.74 Å². The molecule has 2 unspecified atom stereocenters. The van der Waals surface area contributed by atoms with Gasteiger partial charge in [0.15, 0.2) is 5.78 Å². The minimum Gasteiger partial charge on any atom is -0.491 e. The Bertz CT molecular complexity index is 801. The molecular weight excluding hydrogens is 352 g/mol. The van der Waals surface area contributed by atoms with E-state index >= 15 is 0 Å². The lowest BCUT2D eigenvalue weighted by Gasteiger charge is -2.24. The van der Waals surface area contributed by atoms with Crippen LogP contribution < -0.4 is 4.74 Å². The fraction of sp³-hybridized carbons (Fsp3) is 0.591. The number of fused-ring (bicyclic) bond motifs is 1. The maximum Gasteiger partial charge on any atom is 0.152 e. The number of likely N-dealkylation sites (tertiary alicyclic amines) is 2. The molecule has 1 aromatic carbocycles. The smallest absolute Gasteiger partial charge is 0.152 e. The van der Waals surface area contributed by atoms with Crippen LogP contribution in [-0.4, -0.2) is 61.5 Å². The number of hydrogen-bond acceptors (Lipinski definition) is 6. The number of Topliss-reactive ketones (excluding diaryl/α,β-unsaturated/α-hetero) is 1. The van der Waals surface area contributed by atoms with Gasteiger partial charge in [0.1, 0.15) is 18.4 Å². The third kappa shape index (κ3) is 4.70. The number of ketones is 1. The van der Waals surface area contributed by atoms with Crippen molar-refractivity contribution < 1.29 is 9.53 Å². The highest BCUT2D eigenvalue weighted by Crippen LogP contribution is 2.31. The zero-order chi connectivity index (χ0) is 20.3. The lowest BCUT2D eigenvalue weighted by atomic mass is 9.90. The molecule has 3 rings (SSSR count). The quantitative estimate of drug-likeness (QED) is 0.753. The van der Waals surface area contributed by atoms with Gasteiger partial charge >= 0.3 is 0 Å². The van der Waals surface area contributed by atoms with E-state index in [4.69, 9.17) is 10.00 Å². The van der Waals surface area contributed by atoms with Gasteiger partial charge in [-0.3, -0.25) is 14.6 Å². The normalized spacial score (nSPS) is 22.5. The Hall–Kier alpha value is -2.41. The van der Waals surface area contributed by atoms with Gasteiger partial charge in [0, 0.05) is 38.1 Å². The van der Waals surface area contributed by atoms with E-state index in [9.17, 15) is 10.1 Å². The van der Waals surface area contributed by atoms with Gasteiger partial charge in [0.05, 0.1) is 23.7 Å². The van der Waals surface area contributed by atoms with Crippen molar-refractivity contribution in [3.05, 3.63) is 29.3 Å². The molecule has 148 valence electrons.